The maximum Gasteiger partial charge on any atom is 0.133 e. The second kappa shape index (κ2) is 7.14. The molecule has 0 bridgehead atoms. The van der Waals surface area contributed by atoms with Crippen LogP contribution in [-0.4, -0.2) is 9.55 Å². The van der Waals surface area contributed by atoms with Gasteiger partial charge in [0.15, 0.2) is 0 Å². The van der Waals surface area contributed by atoms with Gasteiger partial charge in [-0.25, -0.2) is 4.98 Å². The lowest BCUT2D eigenvalue weighted by atomic mass is 10.1. The van der Waals surface area contributed by atoms with E-state index in [0.717, 1.165) is 35.4 Å². The Morgan fingerprint density at radius 1 is 1.08 bits per heavy atom. The monoisotopic (exact) mass is 315 g/mol. The molecule has 24 heavy (non-hydrogen) atoms. The zero-order valence-corrected chi connectivity index (χ0v) is 14.2. The van der Waals surface area contributed by atoms with Crippen LogP contribution >= 0.6 is 0 Å². The number of unbranched alkanes of at least 4 members (excludes halogenated alkanes) is 1. The highest BCUT2D eigenvalue weighted by Gasteiger charge is 2.10. The Bertz CT molecular complexity index is 912. The molecular weight excluding hydrogens is 294 g/mol. The van der Waals surface area contributed by atoms with Gasteiger partial charge in [0, 0.05) is 13.0 Å². The number of nitrogens with zero attached hydrogens (tertiary/aromatic N) is 3. The van der Waals surface area contributed by atoms with Crippen molar-refractivity contribution in [1.82, 2.24) is 9.55 Å². The van der Waals surface area contributed by atoms with Crippen LogP contribution in [0.15, 0.2) is 42.5 Å². The van der Waals surface area contributed by atoms with Gasteiger partial charge in [0.05, 0.1) is 17.1 Å². The number of hydrogen-bond acceptors (Lipinski definition) is 2. The lowest BCUT2D eigenvalue weighted by molar-refractivity contribution is 0.664. The minimum Gasteiger partial charge on any atom is -0.324 e. The Morgan fingerprint density at radius 3 is 2.58 bits per heavy atom. The second-order valence-electron chi connectivity index (χ2n) is 6.05. The quantitative estimate of drug-likeness (QED) is 0.613. The first kappa shape index (κ1) is 16.0. The number of imidazole rings is 1. The lowest BCUT2D eigenvalue weighted by Crippen LogP contribution is -2.00. The van der Waals surface area contributed by atoms with Crippen molar-refractivity contribution in [2.75, 3.05) is 0 Å². The summed E-state index contributed by atoms with van der Waals surface area (Å²) in [6, 6.07) is 16.8. The summed E-state index contributed by atoms with van der Waals surface area (Å²) in [5.41, 5.74) is 5.83. The van der Waals surface area contributed by atoms with Crippen molar-refractivity contribution in [3.8, 4) is 6.07 Å². The Balaban J connectivity index is 2.03. The molecule has 3 rings (SSSR count). The molecule has 0 aliphatic rings. The summed E-state index contributed by atoms with van der Waals surface area (Å²) in [5.74, 6) is 0.941. The maximum absolute atomic E-state index is 8.82. The van der Waals surface area contributed by atoms with Gasteiger partial charge in [-0.15, -0.1) is 0 Å². The fourth-order valence-corrected chi connectivity index (χ4v) is 2.81. The van der Waals surface area contributed by atoms with Crippen molar-refractivity contribution in [3.63, 3.8) is 0 Å². The van der Waals surface area contributed by atoms with Crippen LogP contribution in [0.25, 0.3) is 23.2 Å². The fourth-order valence-electron chi connectivity index (χ4n) is 2.81. The first-order valence-corrected chi connectivity index (χ1v) is 8.26. The van der Waals surface area contributed by atoms with Gasteiger partial charge in [-0.1, -0.05) is 36.4 Å². The zero-order chi connectivity index (χ0) is 16.9. The van der Waals surface area contributed by atoms with Crippen LogP contribution in [0, 0.1) is 25.2 Å². The van der Waals surface area contributed by atoms with E-state index in [9.17, 15) is 0 Å². The van der Waals surface area contributed by atoms with Crippen molar-refractivity contribution >= 4 is 23.2 Å². The van der Waals surface area contributed by atoms with Crippen LogP contribution in [0.1, 0.15) is 35.4 Å². The third-order valence-electron chi connectivity index (χ3n) is 4.29. The van der Waals surface area contributed by atoms with Gasteiger partial charge in [-0.05, 0) is 55.2 Å². The lowest BCUT2D eigenvalue weighted by Gasteiger charge is -2.07. The number of rotatable bonds is 5. The van der Waals surface area contributed by atoms with Crippen molar-refractivity contribution in [3.05, 3.63) is 65.0 Å². The molecule has 3 aromatic rings. The molecule has 3 nitrogen and oxygen atoms in total. The van der Waals surface area contributed by atoms with Crippen LogP contribution in [-0.2, 0) is 6.54 Å². The topological polar surface area (TPSA) is 41.6 Å². The number of benzene rings is 2. The van der Waals surface area contributed by atoms with Crippen LogP contribution in [0.3, 0.4) is 0 Å². The smallest absolute Gasteiger partial charge is 0.133 e. The van der Waals surface area contributed by atoms with Gasteiger partial charge in [0.25, 0.3) is 0 Å². The predicted octanol–water partition coefficient (Wildman–Crippen LogP) is 5.13. The molecule has 3 heteroatoms. The molecule has 1 aromatic heterocycles. The minimum absolute atomic E-state index is 0.562. The zero-order valence-electron chi connectivity index (χ0n) is 14.2. The van der Waals surface area contributed by atoms with Gasteiger partial charge >= 0.3 is 0 Å². The van der Waals surface area contributed by atoms with Crippen molar-refractivity contribution in [2.45, 2.75) is 33.2 Å². The molecule has 120 valence electrons. The van der Waals surface area contributed by atoms with E-state index in [-0.39, 0.29) is 0 Å². The first-order chi connectivity index (χ1) is 11.7. The Kier molecular flexibility index (Phi) is 4.77. The summed E-state index contributed by atoms with van der Waals surface area (Å²) in [6.07, 6.45) is 5.54. The number of aromatic nitrogens is 2. The fraction of sp³-hybridized carbons (Fsp3) is 0.238. The first-order valence-electron chi connectivity index (χ1n) is 8.26. The molecule has 0 spiro atoms. The highest BCUT2D eigenvalue weighted by molar-refractivity contribution is 5.81. The molecule has 0 saturated carbocycles. The molecule has 0 saturated heterocycles. The van der Waals surface area contributed by atoms with E-state index >= 15 is 0 Å². The third-order valence-corrected chi connectivity index (χ3v) is 4.29. The average Bonchev–Trinajstić information content (AvgIpc) is 2.91. The number of nitriles is 1. The Morgan fingerprint density at radius 2 is 1.83 bits per heavy atom. The molecule has 0 unspecified atom stereocenters. The molecule has 0 atom stereocenters. The van der Waals surface area contributed by atoms with Crippen molar-refractivity contribution in [1.29, 1.82) is 5.26 Å². The molecular formula is C21H21N3. The van der Waals surface area contributed by atoms with Crippen LogP contribution in [0.2, 0.25) is 0 Å². The third kappa shape index (κ3) is 3.38. The highest BCUT2D eigenvalue weighted by Crippen LogP contribution is 2.22. The second-order valence-corrected chi connectivity index (χ2v) is 6.05. The summed E-state index contributed by atoms with van der Waals surface area (Å²) in [7, 11) is 0. The van der Waals surface area contributed by atoms with E-state index in [0.29, 0.717) is 6.42 Å². The molecule has 1 heterocycles. The normalized spacial score (nSPS) is 11.2. The standard InChI is InChI=1S/C21H21N3/c1-16-14-19-20(15-17(16)2)24(13-7-6-12-22)21(23-19)11-10-18-8-4-3-5-9-18/h3-5,8-11,14-15H,6-7,13H2,1-2H3/b11-10+. The van der Waals surface area contributed by atoms with E-state index in [1.54, 1.807) is 0 Å². The largest absolute Gasteiger partial charge is 0.324 e. The summed E-state index contributed by atoms with van der Waals surface area (Å²) in [4.78, 5) is 4.80. The summed E-state index contributed by atoms with van der Waals surface area (Å²) in [6.45, 7) is 5.05. The van der Waals surface area contributed by atoms with Crippen molar-refractivity contribution < 1.29 is 0 Å². The van der Waals surface area contributed by atoms with E-state index in [1.165, 1.54) is 11.1 Å². The summed E-state index contributed by atoms with van der Waals surface area (Å²) >= 11 is 0. The maximum atomic E-state index is 8.82. The number of hydrogen-bond donors (Lipinski definition) is 0. The van der Waals surface area contributed by atoms with Crippen LogP contribution in [0.5, 0.6) is 0 Å². The summed E-state index contributed by atoms with van der Waals surface area (Å²) in [5, 5.41) is 8.82. The van der Waals surface area contributed by atoms with E-state index < -0.39 is 0 Å². The van der Waals surface area contributed by atoms with Gasteiger partial charge in [-0.2, -0.15) is 5.26 Å². The van der Waals surface area contributed by atoms with Gasteiger partial charge in [0.1, 0.15) is 5.82 Å². The minimum atomic E-state index is 0.562. The number of fused-ring (bicyclic) bond motifs is 1. The molecule has 2 aromatic carbocycles. The summed E-state index contributed by atoms with van der Waals surface area (Å²) < 4.78 is 2.22. The van der Waals surface area contributed by atoms with Crippen molar-refractivity contribution in [2.24, 2.45) is 0 Å². The molecule has 0 N–H and O–H groups in total. The molecule has 0 aliphatic carbocycles. The average molecular weight is 315 g/mol. The molecule has 0 aliphatic heterocycles. The van der Waals surface area contributed by atoms with E-state index in [2.05, 4.69) is 60.9 Å². The SMILES string of the molecule is Cc1cc2nc(/C=C/c3ccccc3)n(CCCC#N)c2cc1C. The van der Waals surface area contributed by atoms with Gasteiger partial charge in [0.2, 0.25) is 0 Å². The van der Waals surface area contributed by atoms with Crippen LogP contribution < -0.4 is 0 Å². The van der Waals surface area contributed by atoms with E-state index in [1.807, 2.05) is 18.2 Å². The number of aryl methyl sites for hydroxylation is 3. The Labute approximate surface area is 142 Å². The van der Waals surface area contributed by atoms with Crippen LogP contribution in [0.4, 0.5) is 0 Å². The molecule has 0 amide bonds. The Hall–Kier alpha value is -2.86. The van der Waals surface area contributed by atoms with E-state index in [4.69, 9.17) is 10.2 Å². The highest BCUT2D eigenvalue weighted by atomic mass is 15.1. The molecule has 0 fully saturated rings. The molecule has 0 radical (unpaired) electrons. The van der Waals surface area contributed by atoms with Gasteiger partial charge in [-0.3, -0.25) is 0 Å². The predicted molar refractivity (Wildman–Crippen MR) is 99.4 cm³/mol. The van der Waals surface area contributed by atoms with Gasteiger partial charge < -0.3 is 4.57 Å².